The van der Waals surface area contributed by atoms with Crippen LogP contribution in [0.15, 0.2) is 0 Å². The number of ketones is 1. The van der Waals surface area contributed by atoms with E-state index in [1.807, 2.05) is 25.9 Å². The molecule has 0 fully saturated rings. The number of Topliss-reactive ketones (excluding diaryl/α,β-unsaturated/α-hetero) is 1. The van der Waals surface area contributed by atoms with E-state index < -0.39 is 25.2 Å². The molecule has 1 amide bonds. The predicted octanol–water partition coefficient (Wildman–Crippen LogP) is 6.89. The van der Waals surface area contributed by atoms with E-state index in [0.717, 1.165) is 32.2 Å². The molecule has 0 aliphatic carbocycles. The molecule has 7 nitrogen and oxygen atoms in total. The van der Waals surface area contributed by atoms with Crippen molar-refractivity contribution in [3.05, 3.63) is 0 Å². The van der Waals surface area contributed by atoms with Crippen molar-refractivity contribution in [2.45, 2.75) is 148 Å². The second kappa shape index (κ2) is 24.8. The Hall–Kier alpha value is -1.17. The van der Waals surface area contributed by atoms with E-state index in [2.05, 4.69) is 12.2 Å². The number of hydrogen-bond donors (Lipinski definition) is 2. The highest BCUT2D eigenvalue weighted by atomic mass is 31.1. The Morgan fingerprint density at radius 1 is 0.658 bits per heavy atom. The summed E-state index contributed by atoms with van der Waals surface area (Å²) >= 11 is 0. The van der Waals surface area contributed by atoms with Crippen LogP contribution in [0.1, 0.15) is 142 Å². The van der Waals surface area contributed by atoms with E-state index in [1.54, 1.807) is 0 Å². The van der Waals surface area contributed by atoms with E-state index in [1.165, 1.54) is 57.8 Å². The Balaban J connectivity index is 4.36. The molecule has 2 N–H and O–H groups in total. The summed E-state index contributed by atoms with van der Waals surface area (Å²) < 4.78 is 0. The van der Waals surface area contributed by atoms with Crippen molar-refractivity contribution in [2.24, 2.45) is 0 Å². The van der Waals surface area contributed by atoms with Gasteiger partial charge in [-0.3, -0.25) is 19.2 Å². The van der Waals surface area contributed by atoms with Crippen molar-refractivity contribution in [1.82, 2.24) is 10.2 Å². The summed E-state index contributed by atoms with van der Waals surface area (Å²) in [4.78, 5) is 62.0. The Kier molecular flexibility index (Phi) is 24.1. The SMILES string of the molecule is CCCCCCCCCCCCCCC(=O)CC(CC(=O)P(O)C(=O)CCCCN(C)C)NC(=O)CCC. The van der Waals surface area contributed by atoms with E-state index in [-0.39, 0.29) is 31.0 Å². The minimum absolute atomic E-state index is 0.0176. The van der Waals surface area contributed by atoms with Crippen molar-refractivity contribution in [3.8, 4) is 0 Å². The molecule has 0 aliphatic heterocycles. The fourth-order valence-electron chi connectivity index (χ4n) is 4.49. The van der Waals surface area contributed by atoms with E-state index in [4.69, 9.17) is 0 Å². The van der Waals surface area contributed by atoms with Gasteiger partial charge in [-0.05, 0) is 46.3 Å². The first-order valence-corrected chi connectivity index (χ1v) is 16.5. The maximum Gasteiger partial charge on any atom is 0.220 e. The van der Waals surface area contributed by atoms with Gasteiger partial charge in [0.15, 0.2) is 19.2 Å². The molecular weight excluding hydrogens is 499 g/mol. The first-order chi connectivity index (χ1) is 18.2. The Morgan fingerprint density at radius 3 is 1.71 bits per heavy atom. The second-order valence-corrected chi connectivity index (χ2v) is 12.6. The fraction of sp³-hybridized carbons (Fsp3) is 0.867. The van der Waals surface area contributed by atoms with E-state index >= 15 is 0 Å². The molecule has 8 heteroatoms. The van der Waals surface area contributed by atoms with Gasteiger partial charge >= 0.3 is 0 Å². The van der Waals surface area contributed by atoms with Gasteiger partial charge < -0.3 is 15.1 Å². The van der Waals surface area contributed by atoms with Crippen LogP contribution in [0, 0.1) is 0 Å². The summed E-state index contributed by atoms with van der Waals surface area (Å²) in [7, 11) is 1.50. The lowest BCUT2D eigenvalue weighted by Crippen LogP contribution is -2.38. The molecule has 0 heterocycles. The van der Waals surface area contributed by atoms with Crippen LogP contribution in [0.25, 0.3) is 0 Å². The highest BCUT2D eigenvalue weighted by Crippen LogP contribution is 2.36. The third-order valence-corrected chi connectivity index (χ3v) is 8.12. The van der Waals surface area contributed by atoms with Crippen molar-refractivity contribution < 1.29 is 24.1 Å². The molecule has 0 spiro atoms. The molecule has 38 heavy (non-hydrogen) atoms. The molecule has 2 unspecified atom stereocenters. The zero-order chi connectivity index (χ0) is 28.6. The number of unbranched alkanes of at least 4 members (excludes halogenated alkanes) is 12. The van der Waals surface area contributed by atoms with Gasteiger partial charge in [-0.2, -0.15) is 0 Å². The van der Waals surface area contributed by atoms with Crippen LogP contribution < -0.4 is 5.32 Å². The van der Waals surface area contributed by atoms with Crippen LogP contribution in [-0.4, -0.2) is 59.2 Å². The maximum absolute atomic E-state index is 12.6. The molecule has 2 atom stereocenters. The first kappa shape index (κ1) is 36.8. The lowest BCUT2D eigenvalue weighted by atomic mass is 10.0. The number of rotatable bonds is 27. The first-order valence-electron chi connectivity index (χ1n) is 15.2. The summed E-state index contributed by atoms with van der Waals surface area (Å²) in [6.07, 6.45) is 17.7. The van der Waals surface area contributed by atoms with E-state index in [0.29, 0.717) is 25.7 Å². The quantitative estimate of drug-likeness (QED) is 0.0844. The smallest absolute Gasteiger partial charge is 0.220 e. The molecule has 0 rings (SSSR count). The van der Waals surface area contributed by atoms with Gasteiger partial charge in [-0.15, -0.1) is 0 Å². The van der Waals surface area contributed by atoms with Gasteiger partial charge in [0.2, 0.25) is 5.91 Å². The van der Waals surface area contributed by atoms with Crippen molar-refractivity contribution in [1.29, 1.82) is 0 Å². The highest BCUT2D eigenvalue weighted by molar-refractivity contribution is 7.84. The molecule has 0 aliphatic rings. The predicted molar refractivity (Wildman–Crippen MR) is 158 cm³/mol. The van der Waals surface area contributed by atoms with Crippen molar-refractivity contribution >= 4 is 30.9 Å². The minimum atomic E-state index is -2.41. The zero-order valence-corrected chi connectivity index (χ0v) is 25.8. The van der Waals surface area contributed by atoms with Crippen LogP contribution >= 0.6 is 8.15 Å². The standard InChI is InChI=1S/C30H57N2O5P/c1-5-7-8-9-10-11-12-13-14-15-16-17-21-27(33)24-26(31-28(34)20-6-2)25-30(36)38(37)29(35)22-18-19-23-32(3)4/h26,37H,5-25H2,1-4H3,(H,31,34). The molecule has 0 radical (unpaired) electrons. The molecule has 0 saturated heterocycles. The summed E-state index contributed by atoms with van der Waals surface area (Å²) in [6.45, 7) is 4.97. The molecule has 0 aromatic rings. The summed E-state index contributed by atoms with van der Waals surface area (Å²) in [5.74, 6) is -0.190. The Bertz CT molecular complexity index is 657. The molecular formula is C30H57N2O5P. The van der Waals surface area contributed by atoms with Gasteiger partial charge in [0.25, 0.3) is 0 Å². The third kappa shape index (κ3) is 21.7. The summed E-state index contributed by atoms with van der Waals surface area (Å²) in [6, 6.07) is -0.662. The van der Waals surface area contributed by atoms with Crippen molar-refractivity contribution in [3.63, 3.8) is 0 Å². The van der Waals surface area contributed by atoms with Crippen LogP contribution in [-0.2, 0) is 19.2 Å². The van der Waals surface area contributed by atoms with Crippen molar-refractivity contribution in [2.75, 3.05) is 20.6 Å². The normalized spacial score (nSPS) is 12.9. The van der Waals surface area contributed by atoms with Gasteiger partial charge in [-0.1, -0.05) is 84.5 Å². The molecule has 0 aromatic heterocycles. The number of hydrogen-bond acceptors (Lipinski definition) is 6. The lowest BCUT2D eigenvalue weighted by molar-refractivity contribution is -0.123. The average molecular weight is 557 g/mol. The molecule has 222 valence electrons. The van der Waals surface area contributed by atoms with Gasteiger partial charge in [0.05, 0.1) is 0 Å². The summed E-state index contributed by atoms with van der Waals surface area (Å²) in [5, 5.41) is 2.79. The van der Waals surface area contributed by atoms with Gasteiger partial charge in [0.1, 0.15) is 5.78 Å². The average Bonchev–Trinajstić information content (AvgIpc) is 2.86. The Morgan fingerprint density at radius 2 is 1.18 bits per heavy atom. The van der Waals surface area contributed by atoms with Gasteiger partial charge in [0, 0.05) is 38.1 Å². The zero-order valence-electron chi connectivity index (χ0n) is 24.9. The monoisotopic (exact) mass is 556 g/mol. The second-order valence-electron chi connectivity index (χ2n) is 11.0. The van der Waals surface area contributed by atoms with Crippen LogP contribution in [0.2, 0.25) is 0 Å². The maximum atomic E-state index is 12.6. The number of nitrogens with one attached hydrogen (secondary N) is 1. The van der Waals surface area contributed by atoms with Gasteiger partial charge in [-0.25, -0.2) is 0 Å². The number of carbonyl (C=O) groups is 4. The lowest BCUT2D eigenvalue weighted by Gasteiger charge is -2.19. The third-order valence-electron chi connectivity index (χ3n) is 6.76. The Labute approximate surface area is 234 Å². The minimum Gasteiger partial charge on any atom is -0.360 e. The topological polar surface area (TPSA) is 104 Å². The fourth-order valence-corrected chi connectivity index (χ4v) is 5.53. The number of amides is 1. The number of nitrogens with zero attached hydrogens (tertiary/aromatic N) is 1. The largest absolute Gasteiger partial charge is 0.360 e. The highest BCUT2D eigenvalue weighted by Gasteiger charge is 2.28. The van der Waals surface area contributed by atoms with Crippen LogP contribution in [0.5, 0.6) is 0 Å². The number of carbonyl (C=O) groups excluding carboxylic acids is 4. The molecule has 0 aromatic carbocycles. The molecule has 0 saturated carbocycles. The molecule has 0 bridgehead atoms. The van der Waals surface area contributed by atoms with Crippen LogP contribution in [0.3, 0.4) is 0 Å². The summed E-state index contributed by atoms with van der Waals surface area (Å²) in [5.41, 5.74) is -0.984. The van der Waals surface area contributed by atoms with Crippen LogP contribution in [0.4, 0.5) is 0 Å². The van der Waals surface area contributed by atoms with E-state index in [9.17, 15) is 24.1 Å².